The van der Waals surface area contributed by atoms with E-state index in [2.05, 4.69) is 45.0 Å². The van der Waals surface area contributed by atoms with Crippen molar-refractivity contribution in [1.29, 1.82) is 5.26 Å². The predicted molar refractivity (Wildman–Crippen MR) is 57.0 cm³/mol. The van der Waals surface area contributed by atoms with Gasteiger partial charge >= 0.3 is 0 Å². The Morgan fingerprint density at radius 3 is 2.43 bits per heavy atom. The quantitative estimate of drug-likeness (QED) is 0.659. The SMILES string of the molecule is Cc1ccc(C2(C#N)CC2C)cc1C. The van der Waals surface area contributed by atoms with Crippen molar-refractivity contribution < 1.29 is 0 Å². The maximum atomic E-state index is 9.19. The molecular formula is C13H15N. The summed E-state index contributed by atoms with van der Waals surface area (Å²) in [4.78, 5) is 0. The summed E-state index contributed by atoms with van der Waals surface area (Å²) >= 11 is 0. The van der Waals surface area contributed by atoms with E-state index in [0.29, 0.717) is 5.92 Å². The molecule has 0 radical (unpaired) electrons. The van der Waals surface area contributed by atoms with Crippen LogP contribution in [0.4, 0.5) is 0 Å². The zero-order chi connectivity index (χ0) is 10.3. The van der Waals surface area contributed by atoms with Crippen molar-refractivity contribution in [3.05, 3.63) is 34.9 Å². The van der Waals surface area contributed by atoms with Gasteiger partial charge in [-0.05, 0) is 42.9 Å². The summed E-state index contributed by atoms with van der Waals surface area (Å²) in [6.45, 7) is 6.36. The largest absolute Gasteiger partial charge is 0.197 e. The Hall–Kier alpha value is -1.29. The van der Waals surface area contributed by atoms with E-state index < -0.39 is 0 Å². The molecule has 1 aliphatic carbocycles. The number of aryl methyl sites for hydroxylation is 2. The summed E-state index contributed by atoms with van der Waals surface area (Å²) in [6, 6.07) is 8.86. The van der Waals surface area contributed by atoms with E-state index in [-0.39, 0.29) is 5.41 Å². The normalized spacial score (nSPS) is 29.7. The summed E-state index contributed by atoms with van der Waals surface area (Å²) in [6.07, 6.45) is 1.02. The molecule has 1 fully saturated rings. The number of nitriles is 1. The number of benzene rings is 1. The first-order valence-corrected chi connectivity index (χ1v) is 5.09. The van der Waals surface area contributed by atoms with Crippen LogP contribution in [0.2, 0.25) is 0 Å². The molecule has 14 heavy (non-hydrogen) atoms. The molecular weight excluding hydrogens is 170 g/mol. The number of nitrogens with zero attached hydrogens (tertiary/aromatic N) is 1. The minimum Gasteiger partial charge on any atom is -0.197 e. The maximum Gasteiger partial charge on any atom is 0.0851 e. The molecule has 2 unspecified atom stereocenters. The van der Waals surface area contributed by atoms with Gasteiger partial charge in [0.1, 0.15) is 0 Å². The molecule has 0 amide bonds. The van der Waals surface area contributed by atoms with Crippen LogP contribution in [0.5, 0.6) is 0 Å². The average Bonchev–Trinajstić information content (AvgIpc) is 2.83. The second-order valence-electron chi connectivity index (χ2n) is 4.49. The van der Waals surface area contributed by atoms with E-state index in [4.69, 9.17) is 0 Å². The van der Waals surface area contributed by atoms with Gasteiger partial charge in [-0.15, -0.1) is 0 Å². The molecule has 72 valence electrons. The van der Waals surface area contributed by atoms with Gasteiger partial charge in [0.25, 0.3) is 0 Å². The van der Waals surface area contributed by atoms with Gasteiger partial charge in [-0.2, -0.15) is 5.26 Å². The van der Waals surface area contributed by atoms with Crippen molar-refractivity contribution >= 4 is 0 Å². The van der Waals surface area contributed by atoms with Gasteiger partial charge in [0.05, 0.1) is 11.5 Å². The van der Waals surface area contributed by atoms with Gasteiger partial charge in [0, 0.05) is 0 Å². The lowest BCUT2D eigenvalue weighted by Gasteiger charge is -2.09. The predicted octanol–water partition coefficient (Wildman–Crippen LogP) is 3.10. The van der Waals surface area contributed by atoms with Gasteiger partial charge in [0.2, 0.25) is 0 Å². The molecule has 2 atom stereocenters. The fourth-order valence-electron chi connectivity index (χ4n) is 2.07. The van der Waals surface area contributed by atoms with Gasteiger partial charge in [-0.3, -0.25) is 0 Å². The minimum atomic E-state index is -0.168. The summed E-state index contributed by atoms with van der Waals surface area (Å²) < 4.78 is 0. The molecule has 0 N–H and O–H groups in total. The zero-order valence-electron chi connectivity index (χ0n) is 8.96. The maximum absolute atomic E-state index is 9.19. The molecule has 1 heteroatoms. The zero-order valence-corrected chi connectivity index (χ0v) is 8.96. The Labute approximate surface area is 85.4 Å². The highest BCUT2D eigenvalue weighted by atomic mass is 14.6. The van der Waals surface area contributed by atoms with Gasteiger partial charge in [-0.25, -0.2) is 0 Å². The van der Waals surface area contributed by atoms with E-state index in [1.54, 1.807) is 0 Å². The molecule has 1 nitrogen and oxygen atoms in total. The molecule has 1 aromatic carbocycles. The first kappa shape index (κ1) is 9.27. The molecule has 1 aromatic rings. The fourth-order valence-corrected chi connectivity index (χ4v) is 2.07. The van der Waals surface area contributed by atoms with Gasteiger partial charge in [0.15, 0.2) is 0 Å². The number of rotatable bonds is 1. The Kier molecular flexibility index (Phi) is 1.89. The van der Waals surface area contributed by atoms with E-state index >= 15 is 0 Å². The Morgan fingerprint density at radius 1 is 1.36 bits per heavy atom. The number of hydrogen-bond donors (Lipinski definition) is 0. The van der Waals surface area contributed by atoms with Crippen LogP contribution in [0.1, 0.15) is 30.0 Å². The topological polar surface area (TPSA) is 23.8 Å². The molecule has 0 saturated heterocycles. The summed E-state index contributed by atoms with van der Waals surface area (Å²) in [5, 5.41) is 9.19. The van der Waals surface area contributed by atoms with Crippen molar-refractivity contribution in [2.75, 3.05) is 0 Å². The lowest BCUT2D eigenvalue weighted by Crippen LogP contribution is -2.06. The second-order valence-corrected chi connectivity index (χ2v) is 4.49. The van der Waals surface area contributed by atoms with Crippen LogP contribution >= 0.6 is 0 Å². The molecule has 0 spiro atoms. The van der Waals surface area contributed by atoms with Gasteiger partial charge < -0.3 is 0 Å². The second kappa shape index (κ2) is 2.85. The van der Waals surface area contributed by atoms with Crippen LogP contribution in [-0.2, 0) is 5.41 Å². The first-order chi connectivity index (χ1) is 6.60. The summed E-state index contributed by atoms with van der Waals surface area (Å²) in [5.74, 6) is 0.523. The van der Waals surface area contributed by atoms with Crippen LogP contribution in [0.25, 0.3) is 0 Å². The lowest BCUT2D eigenvalue weighted by atomic mass is 9.92. The molecule has 0 aromatic heterocycles. The molecule has 0 bridgehead atoms. The lowest BCUT2D eigenvalue weighted by molar-refractivity contribution is 0.790. The average molecular weight is 185 g/mol. The number of hydrogen-bond acceptors (Lipinski definition) is 1. The third-order valence-corrected chi connectivity index (χ3v) is 3.53. The Balaban J connectivity index is 2.44. The highest BCUT2D eigenvalue weighted by Crippen LogP contribution is 2.53. The van der Waals surface area contributed by atoms with Crippen LogP contribution < -0.4 is 0 Å². The van der Waals surface area contributed by atoms with Crippen molar-refractivity contribution in [1.82, 2.24) is 0 Å². The minimum absolute atomic E-state index is 0.168. The van der Waals surface area contributed by atoms with Crippen molar-refractivity contribution in [3.63, 3.8) is 0 Å². The third kappa shape index (κ3) is 1.14. The molecule has 2 rings (SSSR count). The Bertz CT molecular complexity index is 414. The summed E-state index contributed by atoms with van der Waals surface area (Å²) in [7, 11) is 0. The van der Waals surface area contributed by atoms with Gasteiger partial charge in [-0.1, -0.05) is 25.1 Å². The van der Waals surface area contributed by atoms with Crippen molar-refractivity contribution in [2.24, 2.45) is 5.92 Å². The third-order valence-electron chi connectivity index (χ3n) is 3.53. The molecule has 1 saturated carbocycles. The monoisotopic (exact) mass is 185 g/mol. The molecule has 0 aliphatic heterocycles. The van der Waals surface area contributed by atoms with Crippen LogP contribution in [0, 0.1) is 31.1 Å². The highest BCUT2D eigenvalue weighted by Gasteiger charge is 2.53. The standard InChI is InChI=1S/C13H15N/c1-9-4-5-12(6-10(9)2)13(8-14)7-11(13)3/h4-6,11H,7H2,1-3H3. The highest BCUT2D eigenvalue weighted by molar-refractivity contribution is 5.44. The Morgan fingerprint density at radius 2 is 2.00 bits per heavy atom. The van der Waals surface area contributed by atoms with E-state index in [9.17, 15) is 5.26 Å². The smallest absolute Gasteiger partial charge is 0.0851 e. The fraction of sp³-hybridized carbons (Fsp3) is 0.462. The molecule has 1 aliphatic rings. The van der Waals surface area contributed by atoms with E-state index in [1.165, 1.54) is 16.7 Å². The van der Waals surface area contributed by atoms with Crippen LogP contribution in [0.3, 0.4) is 0 Å². The van der Waals surface area contributed by atoms with Crippen LogP contribution in [0.15, 0.2) is 18.2 Å². The van der Waals surface area contributed by atoms with Crippen molar-refractivity contribution in [3.8, 4) is 6.07 Å². The van der Waals surface area contributed by atoms with Crippen LogP contribution in [-0.4, -0.2) is 0 Å². The van der Waals surface area contributed by atoms with Crippen molar-refractivity contribution in [2.45, 2.75) is 32.6 Å². The summed E-state index contributed by atoms with van der Waals surface area (Å²) in [5.41, 5.74) is 3.63. The van der Waals surface area contributed by atoms with E-state index in [0.717, 1.165) is 6.42 Å². The van der Waals surface area contributed by atoms with E-state index in [1.807, 2.05) is 0 Å². The molecule has 0 heterocycles. The first-order valence-electron chi connectivity index (χ1n) is 5.09.